The molecule has 1 unspecified atom stereocenters. The van der Waals surface area contributed by atoms with Crippen LogP contribution in [0.3, 0.4) is 0 Å². The number of aliphatic hydroxyl groups is 1. The van der Waals surface area contributed by atoms with E-state index in [1.54, 1.807) is 19.2 Å². The van der Waals surface area contributed by atoms with E-state index >= 15 is 0 Å². The van der Waals surface area contributed by atoms with Crippen molar-refractivity contribution in [1.29, 1.82) is 0 Å². The van der Waals surface area contributed by atoms with Crippen LogP contribution in [0.2, 0.25) is 0 Å². The van der Waals surface area contributed by atoms with Gasteiger partial charge in [-0.25, -0.2) is 4.98 Å². The predicted octanol–water partition coefficient (Wildman–Crippen LogP) is 4.25. The second kappa shape index (κ2) is 11.5. The smallest absolute Gasteiger partial charge is 0.422 e. The van der Waals surface area contributed by atoms with Gasteiger partial charge < -0.3 is 20.5 Å². The van der Waals surface area contributed by atoms with Crippen molar-refractivity contribution >= 4 is 51.4 Å². The lowest BCUT2D eigenvalue weighted by molar-refractivity contribution is -0.154. The van der Waals surface area contributed by atoms with Gasteiger partial charge in [0.2, 0.25) is 5.88 Å². The number of benzene rings is 1. The van der Waals surface area contributed by atoms with Crippen molar-refractivity contribution in [2.45, 2.75) is 18.8 Å². The summed E-state index contributed by atoms with van der Waals surface area (Å²) in [5.41, 5.74) is 0.453. The molecule has 0 fully saturated rings. The van der Waals surface area contributed by atoms with Crippen LogP contribution in [0.15, 0.2) is 53.7 Å². The van der Waals surface area contributed by atoms with Crippen LogP contribution in [0.4, 0.5) is 13.2 Å². The first-order valence-electron chi connectivity index (χ1n) is 9.10. The van der Waals surface area contributed by atoms with Gasteiger partial charge in [-0.05, 0) is 23.6 Å². The Balaban J connectivity index is 0.00000341. The van der Waals surface area contributed by atoms with Crippen molar-refractivity contribution in [3.05, 3.63) is 59.1 Å². The second-order valence-corrected chi connectivity index (χ2v) is 7.50. The molecule has 0 radical (unpaired) electrons. The van der Waals surface area contributed by atoms with Crippen LogP contribution < -0.4 is 15.4 Å². The summed E-state index contributed by atoms with van der Waals surface area (Å²) in [5.74, 6) is 0.295. The predicted molar refractivity (Wildman–Crippen MR) is 126 cm³/mol. The van der Waals surface area contributed by atoms with Crippen LogP contribution in [0.25, 0.3) is 10.1 Å². The van der Waals surface area contributed by atoms with Crippen molar-refractivity contribution in [3.63, 3.8) is 0 Å². The molecule has 0 aliphatic rings. The third kappa shape index (κ3) is 7.51. The highest BCUT2D eigenvalue weighted by Crippen LogP contribution is 2.29. The average Bonchev–Trinajstić information content (AvgIpc) is 3.16. The second-order valence-electron chi connectivity index (χ2n) is 6.38. The number of alkyl halides is 3. The Morgan fingerprint density at radius 3 is 2.71 bits per heavy atom. The molecule has 0 spiro atoms. The molecule has 3 N–H and O–H groups in total. The number of thiophene rings is 1. The molecule has 0 saturated heterocycles. The van der Waals surface area contributed by atoms with Crippen molar-refractivity contribution < 1.29 is 23.0 Å². The average molecular weight is 566 g/mol. The number of nitrogens with one attached hydrogen (secondary N) is 2. The SMILES string of the molecule is CN=C(NCc1cccnc1OCC(F)(F)F)NCC(O)c1cc2ccccc2s1.I. The van der Waals surface area contributed by atoms with Gasteiger partial charge in [0.1, 0.15) is 6.10 Å². The zero-order valence-corrected chi connectivity index (χ0v) is 19.7. The molecule has 2 heterocycles. The van der Waals surface area contributed by atoms with Gasteiger partial charge >= 0.3 is 6.18 Å². The van der Waals surface area contributed by atoms with Crippen LogP contribution in [-0.4, -0.2) is 42.4 Å². The molecular weight excluding hydrogens is 544 g/mol. The van der Waals surface area contributed by atoms with Crippen LogP contribution in [0.1, 0.15) is 16.5 Å². The lowest BCUT2D eigenvalue weighted by atomic mass is 10.2. The number of rotatable bonds is 7. The number of aliphatic hydroxyl groups excluding tert-OH is 1. The molecule has 0 amide bonds. The number of aliphatic imine (C=N–C) groups is 1. The number of nitrogens with zero attached hydrogens (tertiary/aromatic N) is 2. The van der Waals surface area contributed by atoms with Crippen molar-refractivity contribution in [2.24, 2.45) is 4.99 Å². The van der Waals surface area contributed by atoms with Gasteiger partial charge in [0, 0.05) is 41.5 Å². The van der Waals surface area contributed by atoms with E-state index in [0.29, 0.717) is 11.5 Å². The Morgan fingerprint density at radius 1 is 1.23 bits per heavy atom. The number of guanidine groups is 1. The van der Waals surface area contributed by atoms with Gasteiger partial charge in [0.15, 0.2) is 12.6 Å². The van der Waals surface area contributed by atoms with Crippen LogP contribution in [0.5, 0.6) is 5.88 Å². The number of hydrogen-bond donors (Lipinski definition) is 3. The molecule has 0 aliphatic heterocycles. The molecule has 0 bridgehead atoms. The van der Waals surface area contributed by atoms with E-state index in [4.69, 9.17) is 4.74 Å². The summed E-state index contributed by atoms with van der Waals surface area (Å²) in [6.07, 6.45) is -3.81. The fraction of sp³-hybridized carbons (Fsp3) is 0.300. The molecule has 0 saturated carbocycles. The summed E-state index contributed by atoms with van der Waals surface area (Å²) in [6, 6.07) is 13.1. The van der Waals surface area contributed by atoms with Crippen LogP contribution >= 0.6 is 35.3 Å². The summed E-state index contributed by atoms with van der Waals surface area (Å²) in [5, 5.41) is 17.5. The first-order chi connectivity index (χ1) is 14.4. The van der Waals surface area contributed by atoms with E-state index in [-0.39, 0.29) is 42.9 Å². The number of halogens is 4. The number of fused-ring (bicyclic) bond motifs is 1. The number of pyridine rings is 1. The standard InChI is InChI=1S/C20H21F3N4O2S.HI/c1-24-19(26-10-14-6-4-8-25-18(14)29-12-20(21,22)23)27-11-15(28)17-9-13-5-2-3-7-16(13)30-17;/h2-9,15,28H,10-12H2,1H3,(H2,24,26,27);1H. The van der Waals surface area contributed by atoms with Crippen molar-refractivity contribution in [2.75, 3.05) is 20.2 Å². The monoisotopic (exact) mass is 566 g/mol. The fourth-order valence-corrected chi connectivity index (χ4v) is 3.75. The summed E-state index contributed by atoms with van der Waals surface area (Å²) in [4.78, 5) is 8.76. The van der Waals surface area contributed by atoms with Gasteiger partial charge in [0.25, 0.3) is 0 Å². The topological polar surface area (TPSA) is 78.8 Å². The third-order valence-electron chi connectivity index (χ3n) is 4.13. The van der Waals surface area contributed by atoms with Gasteiger partial charge in [-0.3, -0.25) is 4.99 Å². The van der Waals surface area contributed by atoms with Crippen LogP contribution in [0, 0.1) is 0 Å². The molecule has 31 heavy (non-hydrogen) atoms. The van der Waals surface area contributed by atoms with Gasteiger partial charge in [0.05, 0.1) is 0 Å². The Hall–Kier alpha value is -2.12. The Kier molecular flexibility index (Phi) is 9.32. The van der Waals surface area contributed by atoms with Gasteiger partial charge in [-0.2, -0.15) is 13.2 Å². The minimum atomic E-state index is -4.44. The Labute approximate surface area is 198 Å². The number of ether oxygens (including phenoxy) is 1. The number of hydrogen-bond acceptors (Lipinski definition) is 5. The first-order valence-corrected chi connectivity index (χ1v) is 9.92. The summed E-state index contributed by atoms with van der Waals surface area (Å²) < 4.78 is 43.1. The van der Waals surface area contributed by atoms with E-state index in [0.717, 1.165) is 15.0 Å². The van der Waals surface area contributed by atoms with Crippen LogP contribution in [-0.2, 0) is 6.54 Å². The zero-order valence-electron chi connectivity index (χ0n) is 16.5. The molecule has 3 rings (SSSR count). The largest absolute Gasteiger partial charge is 0.468 e. The maximum Gasteiger partial charge on any atom is 0.422 e. The molecule has 168 valence electrons. The minimum Gasteiger partial charge on any atom is -0.468 e. The molecule has 11 heteroatoms. The van der Waals surface area contributed by atoms with Crippen molar-refractivity contribution in [1.82, 2.24) is 15.6 Å². The maximum atomic E-state index is 12.4. The molecule has 2 aromatic heterocycles. The lowest BCUT2D eigenvalue weighted by Gasteiger charge is -2.16. The lowest BCUT2D eigenvalue weighted by Crippen LogP contribution is -2.39. The quantitative estimate of drug-likeness (QED) is 0.227. The summed E-state index contributed by atoms with van der Waals surface area (Å²) in [7, 11) is 1.56. The molecule has 1 aromatic carbocycles. The third-order valence-corrected chi connectivity index (χ3v) is 5.35. The molecule has 0 aliphatic carbocycles. The highest BCUT2D eigenvalue weighted by atomic mass is 127. The highest BCUT2D eigenvalue weighted by molar-refractivity contribution is 14.0. The van der Waals surface area contributed by atoms with Gasteiger partial charge in [-0.1, -0.05) is 24.3 Å². The van der Waals surface area contributed by atoms with E-state index < -0.39 is 18.9 Å². The molecular formula is C20H22F3IN4O2S. The zero-order chi connectivity index (χ0) is 21.6. The summed E-state index contributed by atoms with van der Waals surface area (Å²) in [6.45, 7) is -1.04. The summed E-state index contributed by atoms with van der Waals surface area (Å²) >= 11 is 1.52. The van der Waals surface area contributed by atoms with E-state index in [9.17, 15) is 18.3 Å². The van der Waals surface area contributed by atoms with E-state index in [1.165, 1.54) is 17.5 Å². The highest BCUT2D eigenvalue weighted by Gasteiger charge is 2.29. The van der Waals surface area contributed by atoms with Gasteiger partial charge in [-0.15, -0.1) is 35.3 Å². The number of aromatic nitrogens is 1. The molecule has 1 atom stereocenters. The Bertz CT molecular complexity index is 980. The minimum absolute atomic E-state index is 0. The van der Waals surface area contributed by atoms with E-state index in [1.807, 2.05) is 30.3 Å². The normalized spacial score (nSPS) is 12.9. The molecule has 3 aromatic rings. The Morgan fingerprint density at radius 2 is 2.00 bits per heavy atom. The maximum absolute atomic E-state index is 12.4. The fourth-order valence-electron chi connectivity index (χ4n) is 2.70. The van der Waals surface area contributed by atoms with E-state index in [2.05, 4.69) is 20.6 Å². The molecule has 6 nitrogen and oxygen atoms in total. The van der Waals surface area contributed by atoms with Crippen molar-refractivity contribution in [3.8, 4) is 5.88 Å². The first kappa shape index (κ1) is 25.1.